The van der Waals surface area contributed by atoms with Crippen LogP contribution in [0.4, 0.5) is 0 Å². The molecule has 0 spiro atoms. The molecule has 0 saturated carbocycles. The van der Waals surface area contributed by atoms with E-state index in [-0.39, 0.29) is 17.9 Å². The lowest BCUT2D eigenvalue weighted by atomic mass is 10.00. The fourth-order valence-corrected chi connectivity index (χ4v) is 2.87. The summed E-state index contributed by atoms with van der Waals surface area (Å²) in [5.74, 6) is 0.0922. The van der Waals surface area contributed by atoms with Gasteiger partial charge in [0, 0.05) is 37.6 Å². The zero-order valence-electron chi connectivity index (χ0n) is 11.5. The second-order valence-electron chi connectivity index (χ2n) is 5.21. The van der Waals surface area contributed by atoms with Gasteiger partial charge in [0.05, 0.1) is 6.04 Å². The highest BCUT2D eigenvalue weighted by molar-refractivity contribution is 5.85. The molecule has 1 saturated heterocycles. The molecule has 1 fully saturated rings. The van der Waals surface area contributed by atoms with E-state index in [1.807, 2.05) is 31.3 Å². The van der Waals surface area contributed by atoms with Gasteiger partial charge in [-0.15, -0.1) is 0 Å². The summed E-state index contributed by atoms with van der Waals surface area (Å²) < 4.78 is 2.12. The maximum Gasteiger partial charge on any atom is 0.160 e. The predicted octanol–water partition coefficient (Wildman–Crippen LogP) is 2.44. The fraction of sp³-hybridized carbons (Fsp3) is 0.400. The fourth-order valence-electron chi connectivity index (χ4n) is 2.87. The summed E-state index contributed by atoms with van der Waals surface area (Å²) in [6.07, 6.45) is 2.55. The number of carbonyl (C=O) groups excluding carboxylic acids is 1. The molecular weight excluding hydrogens is 240 g/mol. The van der Waals surface area contributed by atoms with Crippen LogP contribution in [0, 0.1) is 0 Å². The average Bonchev–Trinajstić information content (AvgIpc) is 2.92. The molecule has 0 radical (unpaired) electrons. The van der Waals surface area contributed by atoms with Crippen LogP contribution in [0.25, 0.3) is 10.9 Å². The molecule has 100 valence electrons. The first-order valence-electron chi connectivity index (χ1n) is 6.52. The number of nitrogens with zero attached hydrogens (tertiary/aromatic N) is 2. The Kier molecular flexibility index (Phi) is 2.92. The van der Waals surface area contributed by atoms with Crippen LogP contribution in [0.1, 0.15) is 24.9 Å². The highest BCUT2D eigenvalue weighted by Crippen LogP contribution is 2.37. The summed E-state index contributed by atoms with van der Waals surface area (Å²) >= 11 is 0. The first kappa shape index (κ1) is 12.4. The second-order valence-corrected chi connectivity index (χ2v) is 5.21. The molecule has 0 bridgehead atoms. The van der Waals surface area contributed by atoms with Crippen LogP contribution in [0.15, 0.2) is 30.5 Å². The lowest BCUT2D eigenvalue weighted by Crippen LogP contribution is -2.19. The third-order valence-corrected chi connectivity index (χ3v) is 3.91. The Morgan fingerprint density at radius 3 is 2.74 bits per heavy atom. The molecule has 19 heavy (non-hydrogen) atoms. The molecule has 0 aliphatic carbocycles. The summed E-state index contributed by atoms with van der Waals surface area (Å²) in [4.78, 5) is 17.1. The summed E-state index contributed by atoms with van der Waals surface area (Å²) in [6, 6.07) is 8.46. The number of ketones is 1. The Hall–Kier alpha value is -1.65. The number of para-hydroxylation sites is 1. The quantitative estimate of drug-likeness (QED) is 0.829. The molecule has 1 aliphatic rings. The summed E-state index contributed by atoms with van der Waals surface area (Å²) in [6.45, 7) is 1.59. The molecule has 1 aromatic carbocycles. The van der Waals surface area contributed by atoms with Crippen molar-refractivity contribution in [3.8, 4) is 0 Å². The minimum absolute atomic E-state index is 0.0922. The Morgan fingerprint density at radius 2 is 2.05 bits per heavy atom. The van der Waals surface area contributed by atoms with Gasteiger partial charge in [-0.05, 0) is 18.6 Å². The van der Waals surface area contributed by atoms with Crippen LogP contribution >= 0.6 is 0 Å². The Bertz CT molecular complexity index is 632. The predicted molar refractivity (Wildman–Crippen MR) is 73.6 cm³/mol. The van der Waals surface area contributed by atoms with Crippen molar-refractivity contribution in [1.82, 2.24) is 9.63 Å². The number of carbonyl (C=O) groups is 1. The van der Waals surface area contributed by atoms with Crippen LogP contribution in [0.3, 0.4) is 0 Å². The summed E-state index contributed by atoms with van der Waals surface area (Å²) in [5.41, 5.74) is 2.43. The van der Waals surface area contributed by atoms with Crippen molar-refractivity contribution in [1.29, 1.82) is 0 Å². The van der Waals surface area contributed by atoms with Gasteiger partial charge in [-0.1, -0.05) is 18.2 Å². The maximum atomic E-state index is 11.5. The molecule has 0 N–H and O–H groups in total. The molecule has 4 heteroatoms. The summed E-state index contributed by atoms with van der Waals surface area (Å²) in [7, 11) is 3.94. The van der Waals surface area contributed by atoms with E-state index in [2.05, 4.69) is 22.9 Å². The van der Waals surface area contributed by atoms with Gasteiger partial charge in [0.25, 0.3) is 0 Å². The number of hydrogen-bond acceptors (Lipinski definition) is 3. The molecule has 4 nitrogen and oxygen atoms in total. The van der Waals surface area contributed by atoms with Crippen LogP contribution in [0.2, 0.25) is 0 Å². The van der Waals surface area contributed by atoms with Crippen LogP contribution in [0.5, 0.6) is 0 Å². The zero-order valence-corrected chi connectivity index (χ0v) is 11.5. The first-order valence-corrected chi connectivity index (χ1v) is 6.52. The number of aryl methyl sites for hydroxylation is 1. The van der Waals surface area contributed by atoms with E-state index in [4.69, 9.17) is 4.84 Å². The van der Waals surface area contributed by atoms with Crippen molar-refractivity contribution in [3.05, 3.63) is 36.0 Å². The highest BCUT2D eigenvalue weighted by atomic mass is 16.7. The molecule has 0 unspecified atom stereocenters. The van der Waals surface area contributed by atoms with Crippen molar-refractivity contribution < 1.29 is 9.63 Å². The first-order chi connectivity index (χ1) is 9.08. The van der Waals surface area contributed by atoms with Crippen molar-refractivity contribution in [2.45, 2.75) is 25.5 Å². The van der Waals surface area contributed by atoms with E-state index in [0.29, 0.717) is 0 Å². The normalized spacial score (nSPS) is 24.2. The van der Waals surface area contributed by atoms with Gasteiger partial charge in [0.2, 0.25) is 0 Å². The molecule has 3 rings (SSSR count). The topological polar surface area (TPSA) is 34.5 Å². The van der Waals surface area contributed by atoms with E-state index in [1.165, 1.54) is 16.5 Å². The molecule has 1 aliphatic heterocycles. The van der Waals surface area contributed by atoms with Gasteiger partial charge in [0.1, 0.15) is 6.10 Å². The van der Waals surface area contributed by atoms with Crippen molar-refractivity contribution in [3.63, 3.8) is 0 Å². The van der Waals surface area contributed by atoms with Gasteiger partial charge in [-0.25, -0.2) is 0 Å². The number of hydrogen-bond donors (Lipinski definition) is 0. The lowest BCUT2D eigenvalue weighted by Gasteiger charge is -2.16. The highest BCUT2D eigenvalue weighted by Gasteiger charge is 2.35. The van der Waals surface area contributed by atoms with E-state index in [1.54, 1.807) is 6.92 Å². The second kappa shape index (κ2) is 4.47. The monoisotopic (exact) mass is 258 g/mol. The minimum Gasteiger partial charge on any atom is -0.350 e. The van der Waals surface area contributed by atoms with Crippen LogP contribution in [-0.4, -0.2) is 28.6 Å². The van der Waals surface area contributed by atoms with E-state index >= 15 is 0 Å². The maximum absolute atomic E-state index is 11.5. The van der Waals surface area contributed by atoms with Gasteiger partial charge < -0.3 is 4.57 Å². The smallest absolute Gasteiger partial charge is 0.160 e. The standard InChI is InChI=1S/C15H18N2O2/c1-10(18)15-8-14(17(3)19-15)12-9-16(2)13-7-5-4-6-11(12)13/h4-7,9,14-15H,8H2,1-3H3/t14-,15+/m1/s1. The number of aromatic nitrogens is 1. The van der Waals surface area contributed by atoms with Crippen LogP contribution in [-0.2, 0) is 16.7 Å². The number of hydroxylamine groups is 2. The van der Waals surface area contributed by atoms with Crippen LogP contribution < -0.4 is 0 Å². The van der Waals surface area contributed by atoms with Crippen molar-refractivity contribution in [2.75, 3.05) is 7.05 Å². The number of benzene rings is 1. The van der Waals surface area contributed by atoms with Gasteiger partial charge >= 0.3 is 0 Å². The van der Waals surface area contributed by atoms with Gasteiger partial charge in [-0.2, -0.15) is 5.06 Å². The Balaban J connectivity index is 2.03. The Labute approximate surface area is 112 Å². The number of rotatable bonds is 2. The molecule has 2 atom stereocenters. The van der Waals surface area contributed by atoms with E-state index in [9.17, 15) is 4.79 Å². The third kappa shape index (κ3) is 1.97. The lowest BCUT2D eigenvalue weighted by molar-refractivity contribution is -0.160. The molecule has 2 aromatic rings. The molecule has 0 amide bonds. The van der Waals surface area contributed by atoms with E-state index < -0.39 is 0 Å². The van der Waals surface area contributed by atoms with E-state index in [0.717, 1.165) is 6.42 Å². The van der Waals surface area contributed by atoms with Crippen molar-refractivity contribution in [2.24, 2.45) is 7.05 Å². The molecule has 1 aromatic heterocycles. The number of Topliss-reactive ketones (excluding diaryl/α,β-unsaturated/α-hetero) is 1. The number of fused-ring (bicyclic) bond motifs is 1. The summed E-state index contributed by atoms with van der Waals surface area (Å²) in [5, 5.41) is 3.04. The molecule has 2 heterocycles. The van der Waals surface area contributed by atoms with Gasteiger partial charge in [0.15, 0.2) is 5.78 Å². The van der Waals surface area contributed by atoms with Crippen molar-refractivity contribution >= 4 is 16.7 Å². The largest absolute Gasteiger partial charge is 0.350 e. The SMILES string of the molecule is CC(=O)[C@@H]1C[C@H](c2cn(C)c3ccccc23)N(C)O1. The zero-order chi connectivity index (χ0) is 13.6. The average molecular weight is 258 g/mol. The van der Waals surface area contributed by atoms with Gasteiger partial charge in [-0.3, -0.25) is 9.63 Å². The third-order valence-electron chi connectivity index (χ3n) is 3.91. The Morgan fingerprint density at radius 1 is 1.32 bits per heavy atom. The minimum atomic E-state index is -0.311. The molecular formula is C15H18N2O2.